The van der Waals surface area contributed by atoms with E-state index in [1.165, 1.54) is 6.42 Å². The summed E-state index contributed by atoms with van der Waals surface area (Å²) < 4.78 is 10.8. The van der Waals surface area contributed by atoms with E-state index in [1.54, 1.807) is 14.0 Å². The first-order valence-electron chi connectivity index (χ1n) is 9.72. The van der Waals surface area contributed by atoms with Gasteiger partial charge in [-0.25, -0.2) is 4.98 Å². The van der Waals surface area contributed by atoms with Gasteiger partial charge >= 0.3 is 0 Å². The second-order valence-electron chi connectivity index (χ2n) is 7.11. The van der Waals surface area contributed by atoms with Crippen LogP contribution in [0.1, 0.15) is 43.6 Å². The lowest BCUT2D eigenvalue weighted by atomic mass is 9.95. The zero-order valence-corrected chi connectivity index (χ0v) is 16.4. The van der Waals surface area contributed by atoms with Gasteiger partial charge < -0.3 is 19.8 Å². The molecule has 0 spiro atoms. The number of aromatic nitrogens is 1. The molecule has 7 nitrogen and oxygen atoms in total. The summed E-state index contributed by atoms with van der Waals surface area (Å²) in [6.45, 7) is 1.76. The Kier molecular flexibility index (Phi) is 6.68. The minimum absolute atomic E-state index is 0.0163. The number of nitrogens with zero attached hydrogens (tertiary/aromatic N) is 1. The molecule has 3 rings (SSSR count). The maximum atomic E-state index is 12.2. The van der Waals surface area contributed by atoms with Crippen LogP contribution >= 0.6 is 0 Å². The lowest BCUT2D eigenvalue weighted by Gasteiger charge is -2.22. The molecule has 28 heavy (non-hydrogen) atoms. The highest BCUT2D eigenvalue weighted by Crippen LogP contribution is 2.24. The molecule has 0 saturated heterocycles. The zero-order valence-electron chi connectivity index (χ0n) is 16.4. The van der Waals surface area contributed by atoms with Crippen molar-refractivity contribution >= 4 is 11.8 Å². The second-order valence-corrected chi connectivity index (χ2v) is 7.11. The van der Waals surface area contributed by atoms with Gasteiger partial charge in [-0.2, -0.15) is 0 Å². The smallest absolute Gasteiger partial charge is 0.239 e. The Hall–Kier alpha value is -2.83. The number of carbonyl (C=O) groups excluding carboxylic acids is 2. The highest BCUT2D eigenvalue weighted by Gasteiger charge is 2.18. The van der Waals surface area contributed by atoms with Gasteiger partial charge in [0.15, 0.2) is 0 Å². The standard InChI is InChI=1S/C21H27N3O4/c1-14-18(24-21(28-14)15-8-10-17(27-2)11-9-15)12-19(25)22-13-20(26)23-16-6-4-3-5-7-16/h8-11,16H,3-7,12-13H2,1-2H3,(H,22,25)(H,23,26). The minimum Gasteiger partial charge on any atom is -0.497 e. The van der Waals surface area contributed by atoms with E-state index in [0.29, 0.717) is 17.3 Å². The number of benzene rings is 1. The molecule has 0 bridgehead atoms. The van der Waals surface area contributed by atoms with Crippen molar-refractivity contribution in [3.05, 3.63) is 35.7 Å². The molecule has 0 unspecified atom stereocenters. The van der Waals surface area contributed by atoms with E-state index in [9.17, 15) is 9.59 Å². The van der Waals surface area contributed by atoms with Gasteiger partial charge in [0.2, 0.25) is 17.7 Å². The van der Waals surface area contributed by atoms with Crippen molar-refractivity contribution < 1.29 is 18.7 Å². The highest BCUT2D eigenvalue weighted by atomic mass is 16.5. The van der Waals surface area contributed by atoms with Gasteiger partial charge in [-0.3, -0.25) is 9.59 Å². The molecular formula is C21H27N3O4. The quantitative estimate of drug-likeness (QED) is 0.764. The zero-order chi connectivity index (χ0) is 19.9. The molecule has 1 aromatic heterocycles. The fraction of sp³-hybridized carbons (Fsp3) is 0.476. The molecule has 1 aromatic carbocycles. The van der Waals surface area contributed by atoms with E-state index < -0.39 is 0 Å². The summed E-state index contributed by atoms with van der Waals surface area (Å²) in [6, 6.07) is 7.59. The number of amides is 2. The van der Waals surface area contributed by atoms with Gasteiger partial charge in [0.25, 0.3) is 0 Å². The number of nitrogens with one attached hydrogen (secondary N) is 2. The van der Waals surface area contributed by atoms with Crippen LogP contribution in [0.3, 0.4) is 0 Å². The van der Waals surface area contributed by atoms with Gasteiger partial charge in [-0.05, 0) is 44.0 Å². The van der Waals surface area contributed by atoms with Gasteiger partial charge in [-0.1, -0.05) is 19.3 Å². The fourth-order valence-corrected chi connectivity index (χ4v) is 3.37. The maximum Gasteiger partial charge on any atom is 0.239 e. The van der Waals surface area contributed by atoms with E-state index in [2.05, 4.69) is 15.6 Å². The van der Waals surface area contributed by atoms with Crippen LogP contribution < -0.4 is 15.4 Å². The summed E-state index contributed by atoms with van der Waals surface area (Å²) in [5.41, 5.74) is 1.37. The summed E-state index contributed by atoms with van der Waals surface area (Å²) in [6.07, 6.45) is 5.65. The largest absolute Gasteiger partial charge is 0.497 e. The first-order chi connectivity index (χ1) is 13.5. The topological polar surface area (TPSA) is 93.5 Å². The molecule has 2 N–H and O–H groups in total. The van der Waals surface area contributed by atoms with Crippen LogP contribution in [0.5, 0.6) is 5.75 Å². The number of hydrogen-bond donors (Lipinski definition) is 2. The summed E-state index contributed by atoms with van der Waals surface area (Å²) in [4.78, 5) is 28.6. The Labute approximate surface area is 164 Å². The molecule has 1 aliphatic rings. The molecule has 2 aromatic rings. The van der Waals surface area contributed by atoms with Crippen molar-refractivity contribution in [2.75, 3.05) is 13.7 Å². The Morgan fingerprint density at radius 2 is 1.86 bits per heavy atom. The first kappa shape index (κ1) is 19.9. The van der Waals surface area contributed by atoms with Gasteiger partial charge in [-0.15, -0.1) is 0 Å². The van der Waals surface area contributed by atoms with Crippen LogP contribution in [0.2, 0.25) is 0 Å². The number of methoxy groups -OCH3 is 1. The molecule has 0 aliphatic heterocycles. The molecule has 1 saturated carbocycles. The van der Waals surface area contributed by atoms with Crippen LogP contribution in [0, 0.1) is 6.92 Å². The summed E-state index contributed by atoms with van der Waals surface area (Å²) in [7, 11) is 1.61. The molecule has 7 heteroatoms. The third kappa shape index (κ3) is 5.34. The summed E-state index contributed by atoms with van der Waals surface area (Å²) in [5, 5.41) is 5.65. The van der Waals surface area contributed by atoms with Crippen molar-refractivity contribution in [3.8, 4) is 17.2 Å². The number of carbonyl (C=O) groups is 2. The van der Waals surface area contributed by atoms with Crippen molar-refractivity contribution in [1.82, 2.24) is 15.6 Å². The van der Waals surface area contributed by atoms with E-state index in [0.717, 1.165) is 37.0 Å². The molecule has 1 fully saturated rings. The predicted molar refractivity (Wildman–Crippen MR) is 105 cm³/mol. The molecule has 150 valence electrons. The van der Waals surface area contributed by atoms with Crippen molar-refractivity contribution in [1.29, 1.82) is 0 Å². The van der Waals surface area contributed by atoms with Gasteiger partial charge in [0, 0.05) is 11.6 Å². The molecule has 0 atom stereocenters. The first-order valence-corrected chi connectivity index (χ1v) is 9.72. The van der Waals surface area contributed by atoms with E-state index in [4.69, 9.17) is 9.15 Å². The molecule has 1 heterocycles. The normalized spacial score (nSPS) is 14.5. The van der Waals surface area contributed by atoms with Gasteiger partial charge in [0.05, 0.1) is 25.8 Å². The van der Waals surface area contributed by atoms with Crippen LogP contribution in [-0.4, -0.2) is 36.5 Å². The number of aryl methyl sites for hydroxylation is 1. The predicted octanol–water partition coefficient (Wildman–Crippen LogP) is 2.77. The van der Waals surface area contributed by atoms with Crippen molar-refractivity contribution in [2.45, 2.75) is 51.5 Å². The van der Waals surface area contributed by atoms with E-state index >= 15 is 0 Å². The number of rotatable bonds is 7. The minimum atomic E-state index is -0.253. The molecule has 1 aliphatic carbocycles. The summed E-state index contributed by atoms with van der Waals surface area (Å²) >= 11 is 0. The number of ether oxygens (including phenoxy) is 1. The third-order valence-electron chi connectivity index (χ3n) is 4.97. The Bertz CT molecular complexity index is 808. The van der Waals surface area contributed by atoms with Crippen LogP contribution in [0.25, 0.3) is 11.5 Å². The van der Waals surface area contributed by atoms with Gasteiger partial charge in [0.1, 0.15) is 11.5 Å². The average molecular weight is 385 g/mol. The Morgan fingerprint density at radius 3 is 2.54 bits per heavy atom. The lowest BCUT2D eigenvalue weighted by Crippen LogP contribution is -2.43. The second kappa shape index (κ2) is 9.39. The monoisotopic (exact) mass is 385 g/mol. The SMILES string of the molecule is COc1ccc(-c2nc(CC(=O)NCC(=O)NC3CCCCC3)c(C)o2)cc1. The molecule has 2 amide bonds. The van der Waals surface area contributed by atoms with E-state index in [-0.39, 0.29) is 30.8 Å². The average Bonchev–Trinajstić information content (AvgIpc) is 3.07. The lowest BCUT2D eigenvalue weighted by molar-refractivity contribution is -0.126. The number of hydrogen-bond acceptors (Lipinski definition) is 5. The number of oxazole rings is 1. The molecule has 0 radical (unpaired) electrons. The Balaban J connectivity index is 1.50. The Morgan fingerprint density at radius 1 is 1.14 bits per heavy atom. The van der Waals surface area contributed by atoms with Crippen molar-refractivity contribution in [2.24, 2.45) is 0 Å². The molecular weight excluding hydrogens is 358 g/mol. The van der Waals surface area contributed by atoms with Crippen molar-refractivity contribution in [3.63, 3.8) is 0 Å². The summed E-state index contributed by atoms with van der Waals surface area (Å²) in [5.74, 6) is 1.40. The fourth-order valence-electron chi connectivity index (χ4n) is 3.37. The maximum absolute atomic E-state index is 12.2. The van der Waals surface area contributed by atoms with Crippen LogP contribution in [0.4, 0.5) is 0 Å². The highest BCUT2D eigenvalue weighted by molar-refractivity contribution is 5.85. The van der Waals surface area contributed by atoms with Crippen LogP contribution in [0.15, 0.2) is 28.7 Å². The van der Waals surface area contributed by atoms with Crippen LogP contribution in [-0.2, 0) is 16.0 Å². The third-order valence-corrected chi connectivity index (χ3v) is 4.97. The van der Waals surface area contributed by atoms with E-state index in [1.807, 2.05) is 24.3 Å².